The van der Waals surface area contributed by atoms with E-state index >= 15 is 0 Å². The fraction of sp³-hybridized carbons (Fsp3) is 0.200. The van der Waals surface area contributed by atoms with Crippen molar-refractivity contribution in [3.63, 3.8) is 0 Å². The van der Waals surface area contributed by atoms with Gasteiger partial charge in [-0.25, -0.2) is 0 Å². The number of thiophene rings is 2. The molecule has 0 aromatic carbocycles. The smallest absolute Gasteiger partial charge is 0.0701 e. The molecular formula is C10H9Br2NS2. The number of hydrogen-bond acceptors (Lipinski definition) is 3. The third-order valence-corrected chi connectivity index (χ3v) is 5.41. The van der Waals surface area contributed by atoms with Crippen molar-refractivity contribution >= 4 is 54.5 Å². The molecule has 0 radical (unpaired) electrons. The average Bonchev–Trinajstić information content (AvgIpc) is 2.75. The van der Waals surface area contributed by atoms with E-state index in [0.29, 0.717) is 0 Å². The van der Waals surface area contributed by atoms with Crippen molar-refractivity contribution in [2.24, 2.45) is 5.73 Å². The Kier molecular flexibility index (Phi) is 4.01. The van der Waals surface area contributed by atoms with Gasteiger partial charge in [-0.15, -0.1) is 22.7 Å². The second-order valence-corrected chi connectivity index (χ2v) is 8.20. The lowest BCUT2D eigenvalue weighted by Crippen LogP contribution is -2.10. The molecule has 0 spiro atoms. The van der Waals surface area contributed by atoms with Crippen molar-refractivity contribution < 1.29 is 0 Å². The monoisotopic (exact) mass is 365 g/mol. The standard InChI is InChI=1S/C10H9Br2NS2/c11-9-3-1-6(14-9)5-7(13)8-2-4-10(12)15-8/h1-4,7H,5,13H2. The first-order valence-electron chi connectivity index (χ1n) is 4.40. The third-order valence-electron chi connectivity index (χ3n) is 2.01. The molecule has 0 saturated carbocycles. The van der Waals surface area contributed by atoms with Crippen molar-refractivity contribution in [1.82, 2.24) is 0 Å². The summed E-state index contributed by atoms with van der Waals surface area (Å²) in [4.78, 5) is 2.55. The minimum absolute atomic E-state index is 0.104. The summed E-state index contributed by atoms with van der Waals surface area (Å²) >= 11 is 10.4. The van der Waals surface area contributed by atoms with Gasteiger partial charge < -0.3 is 5.73 Å². The van der Waals surface area contributed by atoms with Crippen LogP contribution in [0.15, 0.2) is 31.8 Å². The highest BCUT2D eigenvalue weighted by Gasteiger charge is 2.10. The maximum absolute atomic E-state index is 6.13. The summed E-state index contributed by atoms with van der Waals surface area (Å²) in [7, 11) is 0. The molecule has 5 heteroatoms. The van der Waals surface area contributed by atoms with Crippen molar-refractivity contribution in [2.75, 3.05) is 0 Å². The molecule has 1 atom stereocenters. The topological polar surface area (TPSA) is 26.0 Å². The Morgan fingerprint density at radius 3 is 2.27 bits per heavy atom. The van der Waals surface area contributed by atoms with Gasteiger partial charge in [0.2, 0.25) is 0 Å². The van der Waals surface area contributed by atoms with E-state index in [1.54, 1.807) is 22.7 Å². The van der Waals surface area contributed by atoms with Gasteiger partial charge in [-0.3, -0.25) is 0 Å². The van der Waals surface area contributed by atoms with Crippen LogP contribution >= 0.6 is 54.5 Å². The first kappa shape index (κ1) is 11.8. The second kappa shape index (κ2) is 5.10. The summed E-state index contributed by atoms with van der Waals surface area (Å²) < 4.78 is 2.30. The van der Waals surface area contributed by atoms with Gasteiger partial charge in [-0.05, 0) is 56.1 Å². The lowest BCUT2D eigenvalue weighted by atomic mass is 10.1. The van der Waals surface area contributed by atoms with Gasteiger partial charge in [-0.1, -0.05) is 0 Å². The average molecular weight is 367 g/mol. The number of hydrogen-bond donors (Lipinski definition) is 1. The zero-order valence-corrected chi connectivity index (χ0v) is 12.5. The molecular weight excluding hydrogens is 358 g/mol. The highest BCUT2D eigenvalue weighted by atomic mass is 79.9. The van der Waals surface area contributed by atoms with Crippen LogP contribution in [-0.2, 0) is 6.42 Å². The lowest BCUT2D eigenvalue weighted by Gasteiger charge is -2.06. The Morgan fingerprint density at radius 2 is 1.73 bits per heavy atom. The maximum atomic E-state index is 6.13. The molecule has 15 heavy (non-hydrogen) atoms. The van der Waals surface area contributed by atoms with Gasteiger partial charge in [-0.2, -0.15) is 0 Å². The molecule has 0 aliphatic carbocycles. The lowest BCUT2D eigenvalue weighted by molar-refractivity contribution is 0.745. The summed E-state index contributed by atoms with van der Waals surface area (Å²) in [5, 5.41) is 0. The number of halogens is 2. The fourth-order valence-electron chi connectivity index (χ4n) is 1.31. The molecule has 0 aliphatic heterocycles. The Bertz CT molecular complexity index is 450. The van der Waals surface area contributed by atoms with E-state index in [1.807, 2.05) is 6.07 Å². The highest BCUT2D eigenvalue weighted by Crippen LogP contribution is 2.30. The van der Waals surface area contributed by atoms with E-state index in [2.05, 4.69) is 50.1 Å². The van der Waals surface area contributed by atoms with Gasteiger partial charge in [0.25, 0.3) is 0 Å². The normalized spacial score (nSPS) is 13.0. The summed E-state index contributed by atoms with van der Waals surface area (Å²) in [5.74, 6) is 0. The van der Waals surface area contributed by atoms with Crippen LogP contribution in [-0.4, -0.2) is 0 Å². The molecule has 80 valence electrons. The quantitative estimate of drug-likeness (QED) is 0.845. The molecule has 0 fully saturated rings. The number of rotatable bonds is 3. The van der Waals surface area contributed by atoms with E-state index in [-0.39, 0.29) is 6.04 Å². The molecule has 0 aliphatic rings. The second-order valence-electron chi connectivity index (χ2n) is 3.16. The van der Waals surface area contributed by atoms with Crippen LogP contribution in [0.4, 0.5) is 0 Å². The van der Waals surface area contributed by atoms with Gasteiger partial charge in [0.05, 0.1) is 7.57 Å². The first-order valence-corrected chi connectivity index (χ1v) is 7.62. The van der Waals surface area contributed by atoms with Crippen LogP contribution in [0.25, 0.3) is 0 Å². The molecule has 1 unspecified atom stereocenters. The van der Waals surface area contributed by atoms with Crippen molar-refractivity contribution in [2.45, 2.75) is 12.5 Å². The van der Waals surface area contributed by atoms with E-state index < -0.39 is 0 Å². The van der Waals surface area contributed by atoms with Crippen LogP contribution in [0.1, 0.15) is 15.8 Å². The van der Waals surface area contributed by atoms with Crippen molar-refractivity contribution in [1.29, 1.82) is 0 Å². The minimum atomic E-state index is 0.104. The van der Waals surface area contributed by atoms with Crippen molar-refractivity contribution in [3.05, 3.63) is 41.6 Å². The first-order chi connectivity index (χ1) is 7.15. The molecule has 2 aromatic heterocycles. The van der Waals surface area contributed by atoms with Crippen molar-refractivity contribution in [3.8, 4) is 0 Å². The molecule has 2 rings (SSSR count). The Hall–Kier alpha value is 0.320. The predicted octanol–water partition coefficient (Wildman–Crippen LogP) is 4.58. The molecule has 0 saturated heterocycles. The van der Waals surface area contributed by atoms with Crippen LogP contribution < -0.4 is 5.73 Å². The summed E-state index contributed by atoms with van der Waals surface area (Å²) in [6, 6.07) is 8.42. The Balaban J connectivity index is 2.06. The maximum Gasteiger partial charge on any atom is 0.0701 e. The molecule has 2 N–H and O–H groups in total. The van der Waals surface area contributed by atoms with Crippen LogP contribution in [0.5, 0.6) is 0 Å². The van der Waals surface area contributed by atoms with Crippen LogP contribution in [0.2, 0.25) is 0 Å². The summed E-state index contributed by atoms with van der Waals surface area (Å²) in [5.41, 5.74) is 6.13. The fourth-order valence-corrected chi connectivity index (χ4v) is 4.27. The minimum Gasteiger partial charge on any atom is -0.323 e. The Morgan fingerprint density at radius 1 is 1.07 bits per heavy atom. The van der Waals surface area contributed by atoms with Gasteiger partial charge >= 0.3 is 0 Å². The SMILES string of the molecule is NC(Cc1ccc(Br)s1)c1ccc(Br)s1. The zero-order chi connectivity index (χ0) is 10.8. The zero-order valence-electron chi connectivity index (χ0n) is 7.74. The third kappa shape index (κ3) is 3.14. The van der Waals surface area contributed by atoms with E-state index in [0.717, 1.165) is 14.0 Å². The molecule has 2 heterocycles. The van der Waals surface area contributed by atoms with E-state index in [4.69, 9.17) is 5.73 Å². The number of nitrogens with two attached hydrogens (primary N) is 1. The van der Waals surface area contributed by atoms with E-state index in [9.17, 15) is 0 Å². The van der Waals surface area contributed by atoms with Crippen LogP contribution in [0.3, 0.4) is 0 Å². The van der Waals surface area contributed by atoms with Gasteiger partial charge in [0.1, 0.15) is 0 Å². The highest BCUT2D eigenvalue weighted by molar-refractivity contribution is 9.11. The summed E-state index contributed by atoms with van der Waals surface area (Å²) in [6.45, 7) is 0. The molecule has 0 bridgehead atoms. The van der Waals surface area contributed by atoms with Gasteiger partial charge in [0, 0.05) is 22.2 Å². The molecule has 0 amide bonds. The predicted molar refractivity (Wildman–Crippen MR) is 74.7 cm³/mol. The molecule has 1 nitrogen and oxygen atoms in total. The summed E-state index contributed by atoms with van der Waals surface area (Å²) in [6.07, 6.45) is 0.906. The van der Waals surface area contributed by atoms with Gasteiger partial charge in [0.15, 0.2) is 0 Å². The largest absolute Gasteiger partial charge is 0.323 e. The van der Waals surface area contributed by atoms with E-state index in [1.165, 1.54) is 9.75 Å². The Labute approximate surface area is 114 Å². The molecule has 2 aromatic rings. The van der Waals surface area contributed by atoms with Crippen LogP contribution in [0, 0.1) is 0 Å².